The van der Waals surface area contributed by atoms with E-state index >= 15 is 0 Å². The molecule has 3 aliphatic rings. The van der Waals surface area contributed by atoms with Crippen molar-refractivity contribution in [2.45, 2.75) is 50.8 Å². The first-order valence-electron chi connectivity index (χ1n) is 8.45. The Labute approximate surface area is 135 Å². The molecule has 7 nitrogen and oxygen atoms in total. The third-order valence-electron chi connectivity index (χ3n) is 5.24. The highest BCUT2D eigenvalue weighted by atomic mass is 16.5. The summed E-state index contributed by atoms with van der Waals surface area (Å²) in [5.41, 5.74) is 0.822. The van der Waals surface area contributed by atoms with Gasteiger partial charge in [-0.05, 0) is 18.9 Å². The number of nitrogens with zero attached hydrogens (tertiary/aromatic N) is 3. The number of aromatic nitrogens is 2. The van der Waals surface area contributed by atoms with Gasteiger partial charge in [-0.2, -0.15) is 5.10 Å². The number of carbonyl (C=O) groups excluding carboxylic acids is 2. The number of hydrogen-bond donors (Lipinski definition) is 1. The Balaban J connectivity index is 1.58. The van der Waals surface area contributed by atoms with Crippen molar-refractivity contribution in [3.8, 4) is 0 Å². The van der Waals surface area contributed by atoms with Crippen molar-refractivity contribution in [1.82, 2.24) is 20.0 Å². The molecule has 2 atom stereocenters. The lowest BCUT2D eigenvalue weighted by Gasteiger charge is -2.42. The van der Waals surface area contributed by atoms with Crippen LogP contribution in [-0.2, 0) is 16.0 Å². The molecule has 3 fully saturated rings. The Morgan fingerprint density at radius 3 is 3.22 bits per heavy atom. The van der Waals surface area contributed by atoms with Gasteiger partial charge in [-0.15, -0.1) is 0 Å². The van der Waals surface area contributed by atoms with Crippen LogP contribution >= 0.6 is 0 Å². The molecule has 0 aromatic carbocycles. The molecule has 124 valence electrons. The van der Waals surface area contributed by atoms with Crippen LogP contribution in [0.25, 0.3) is 0 Å². The molecule has 1 aromatic heterocycles. The summed E-state index contributed by atoms with van der Waals surface area (Å²) >= 11 is 0. The van der Waals surface area contributed by atoms with Crippen molar-refractivity contribution < 1.29 is 14.3 Å². The Bertz CT molecular complexity index is 643. The smallest absolute Gasteiger partial charge is 0.274 e. The lowest BCUT2D eigenvalue weighted by Crippen LogP contribution is -2.56. The average molecular weight is 318 g/mol. The minimum atomic E-state index is -0.590. The zero-order valence-electron chi connectivity index (χ0n) is 13.4. The molecule has 23 heavy (non-hydrogen) atoms. The SMILES string of the molecule is CCCc1cc(C(=O)N2CC[C@@]34OCCCN3C(=O)C[C@@H]24)n[nH]1. The molecule has 3 saturated heterocycles. The van der Waals surface area contributed by atoms with Crippen LogP contribution in [0, 0.1) is 0 Å². The van der Waals surface area contributed by atoms with Gasteiger partial charge >= 0.3 is 0 Å². The van der Waals surface area contributed by atoms with Gasteiger partial charge in [0.05, 0.1) is 19.1 Å². The number of likely N-dealkylation sites (tertiary alicyclic amines) is 1. The summed E-state index contributed by atoms with van der Waals surface area (Å²) in [7, 11) is 0. The van der Waals surface area contributed by atoms with Gasteiger partial charge in [-0.3, -0.25) is 14.7 Å². The number of ether oxygens (including phenoxy) is 1. The van der Waals surface area contributed by atoms with Crippen LogP contribution in [0.1, 0.15) is 48.8 Å². The van der Waals surface area contributed by atoms with Crippen LogP contribution in [0.5, 0.6) is 0 Å². The van der Waals surface area contributed by atoms with Gasteiger partial charge < -0.3 is 14.5 Å². The van der Waals surface area contributed by atoms with Crippen LogP contribution in [-0.4, -0.2) is 63.3 Å². The van der Waals surface area contributed by atoms with E-state index in [0.29, 0.717) is 31.7 Å². The molecule has 0 aliphatic carbocycles. The number of rotatable bonds is 3. The standard InChI is InChI=1S/C16H22N4O3/c1-2-4-11-9-12(18-17-11)15(22)19-7-5-16-13(19)10-14(21)20(16)6-3-8-23-16/h9,13H,2-8,10H2,1H3,(H,17,18)/t13-,16+/m1/s1. The summed E-state index contributed by atoms with van der Waals surface area (Å²) in [5.74, 6) is -0.00444. The monoisotopic (exact) mass is 318 g/mol. The summed E-state index contributed by atoms with van der Waals surface area (Å²) in [6, 6.07) is 1.64. The molecule has 0 saturated carbocycles. The Morgan fingerprint density at radius 1 is 1.52 bits per heavy atom. The van der Waals surface area contributed by atoms with Gasteiger partial charge in [0, 0.05) is 25.2 Å². The first kappa shape index (κ1) is 14.7. The average Bonchev–Trinajstić information content (AvgIpc) is 3.20. The Morgan fingerprint density at radius 2 is 2.39 bits per heavy atom. The predicted molar refractivity (Wildman–Crippen MR) is 81.7 cm³/mol. The first-order valence-corrected chi connectivity index (χ1v) is 8.45. The number of nitrogens with one attached hydrogen (secondary N) is 1. The summed E-state index contributed by atoms with van der Waals surface area (Å²) < 4.78 is 6.03. The second-order valence-corrected chi connectivity index (χ2v) is 6.59. The number of hydrogen-bond acceptors (Lipinski definition) is 4. The molecule has 3 aliphatic heterocycles. The molecule has 4 rings (SSSR count). The Hall–Kier alpha value is -1.89. The number of carbonyl (C=O) groups is 2. The number of amides is 2. The van der Waals surface area contributed by atoms with Crippen LogP contribution in [0.3, 0.4) is 0 Å². The van der Waals surface area contributed by atoms with E-state index in [-0.39, 0.29) is 17.9 Å². The zero-order chi connectivity index (χ0) is 16.0. The van der Waals surface area contributed by atoms with Gasteiger partial charge in [-0.1, -0.05) is 13.3 Å². The quantitative estimate of drug-likeness (QED) is 0.899. The molecule has 2 amide bonds. The summed E-state index contributed by atoms with van der Waals surface area (Å²) in [6.45, 7) is 4.10. The van der Waals surface area contributed by atoms with Crippen molar-refractivity contribution in [2.75, 3.05) is 19.7 Å². The predicted octanol–water partition coefficient (Wildman–Crippen LogP) is 0.926. The van der Waals surface area contributed by atoms with Crippen molar-refractivity contribution in [1.29, 1.82) is 0 Å². The van der Waals surface area contributed by atoms with Crippen molar-refractivity contribution >= 4 is 11.8 Å². The van der Waals surface area contributed by atoms with E-state index in [1.54, 1.807) is 4.90 Å². The lowest BCUT2D eigenvalue weighted by molar-refractivity contribution is -0.179. The largest absolute Gasteiger partial charge is 0.353 e. The highest BCUT2D eigenvalue weighted by Gasteiger charge is 2.61. The Kier molecular flexibility index (Phi) is 3.41. The van der Waals surface area contributed by atoms with Crippen LogP contribution < -0.4 is 0 Å². The number of aromatic amines is 1. The fourth-order valence-corrected chi connectivity index (χ4v) is 4.21. The van der Waals surface area contributed by atoms with E-state index < -0.39 is 5.72 Å². The fraction of sp³-hybridized carbons (Fsp3) is 0.688. The zero-order valence-corrected chi connectivity index (χ0v) is 13.4. The molecular formula is C16H22N4O3. The second-order valence-electron chi connectivity index (χ2n) is 6.59. The summed E-state index contributed by atoms with van der Waals surface area (Å²) in [6.07, 6.45) is 3.80. The third kappa shape index (κ3) is 2.09. The van der Waals surface area contributed by atoms with Crippen molar-refractivity contribution in [2.24, 2.45) is 0 Å². The van der Waals surface area contributed by atoms with E-state index in [1.807, 2.05) is 11.0 Å². The molecule has 0 unspecified atom stereocenters. The van der Waals surface area contributed by atoms with Gasteiger partial charge in [0.2, 0.25) is 5.91 Å². The molecule has 7 heteroatoms. The molecule has 1 spiro atoms. The van der Waals surface area contributed by atoms with Crippen molar-refractivity contribution in [3.05, 3.63) is 17.5 Å². The van der Waals surface area contributed by atoms with Gasteiger partial charge in [0.1, 0.15) is 5.69 Å². The summed E-state index contributed by atoms with van der Waals surface area (Å²) in [5, 5.41) is 7.09. The van der Waals surface area contributed by atoms with E-state index in [4.69, 9.17) is 4.74 Å². The highest BCUT2D eigenvalue weighted by molar-refractivity contribution is 5.94. The molecular weight excluding hydrogens is 296 g/mol. The first-order chi connectivity index (χ1) is 11.2. The maximum atomic E-state index is 12.8. The van der Waals surface area contributed by atoms with Crippen molar-refractivity contribution in [3.63, 3.8) is 0 Å². The molecule has 1 aromatic rings. The normalized spacial score (nSPS) is 29.8. The van der Waals surface area contributed by atoms with Gasteiger partial charge in [-0.25, -0.2) is 0 Å². The van der Waals surface area contributed by atoms with E-state index in [9.17, 15) is 9.59 Å². The molecule has 0 bridgehead atoms. The molecule has 1 N–H and O–H groups in total. The minimum absolute atomic E-state index is 0.0981. The lowest BCUT2D eigenvalue weighted by atomic mass is 10.0. The number of H-pyrrole nitrogens is 1. The third-order valence-corrected chi connectivity index (χ3v) is 5.24. The van der Waals surface area contributed by atoms with Gasteiger partial charge in [0.25, 0.3) is 5.91 Å². The van der Waals surface area contributed by atoms with Gasteiger partial charge in [0.15, 0.2) is 5.72 Å². The van der Waals surface area contributed by atoms with Crippen LogP contribution in [0.4, 0.5) is 0 Å². The topological polar surface area (TPSA) is 78.5 Å². The molecule has 4 heterocycles. The fourth-order valence-electron chi connectivity index (χ4n) is 4.21. The minimum Gasteiger partial charge on any atom is -0.353 e. The van der Waals surface area contributed by atoms with E-state index in [2.05, 4.69) is 17.1 Å². The number of aryl methyl sites for hydroxylation is 1. The molecule has 0 radical (unpaired) electrons. The maximum Gasteiger partial charge on any atom is 0.274 e. The summed E-state index contributed by atoms with van der Waals surface area (Å²) in [4.78, 5) is 28.8. The highest BCUT2D eigenvalue weighted by Crippen LogP contribution is 2.45. The second kappa shape index (κ2) is 5.33. The van der Waals surface area contributed by atoms with E-state index in [0.717, 1.165) is 31.5 Å². The van der Waals surface area contributed by atoms with E-state index in [1.165, 1.54) is 0 Å². The van der Waals surface area contributed by atoms with Crippen LogP contribution in [0.2, 0.25) is 0 Å². The van der Waals surface area contributed by atoms with Crippen LogP contribution in [0.15, 0.2) is 6.07 Å². The maximum absolute atomic E-state index is 12.8.